The van der Waals surface area contributed by atoms with Crippen molar-refractivity contribution in [3.63, 3.8) is 0 Å². The van der Waals surface area contributed by atoms with E-state index in [9.17, 15) is 14.4 Å². The molecular weight excluding hydrogens is 414 g/mol. The van der Waals surface area contributed by atoms with Gasteiger partial charge in [-0.05, 0) is 30.9 Å². The molecule has 32 heavy (non-hydrogen) atoms. The van der Waals surface area contributed by atoms with Gasteiger partial charge in [0.15, 0.2) is 18.0 Å². The molecule has 8 heteroatoms. The number of hydrogen-bond acceptors (Lipinski definition) is 6. The van der Waals surface area contributed by atoms with Gasteiger partial charge in [0.1, 0.15) is 5.54 Å². The van der Waals surface area contributed by atoms with Crippen LogP contribution in [0.5, 0.6) is 0 Å². The average molecular weight is 441 g/mol. The number of benzene rings is 2. The second-order valence-corrected chi connectivity index (χ2v) is 8.27. The van der Waals surface area contributed by atoms with Crippen LogP contribution in [-0.4, -0.2) is 68.3 Å². The van der Waals surface area contributed by atoms with Crippen molar-refractivity contribution in [2.75, 3.05) is 13.1 Å². The molecule has 5 rings (SSSR count). The van der Waals surface area contributed by atoms with Crippen LogP contribution < -0.4 is 0 Å². The molecule has 3 aliphatic rings. The van der Waals surface area contributed by atoms with E-state index in [-0.39, 0.29) is 5.41 Å². The van der Waals surface area contributed by atoms with Crippen molar-refractivity contribution in [2.45, 2.75) is 42.9 Å². The van der Waals surface area contributed by atoms with Gasteiger partial charge in [-0.2, -0.15) is 0 Å². The fraction of sp³-hybridized carbons (Fsp3) is 0.375. The third kappa shape index (κ3) is 4.04. The van der Waals surface area contributed by atoms with Gasteiger partial charge in [-0.3, -0.25) is 9.69 Å². The first-order valence-corrected chi connectivity index (χ1v) is 10.4. The highest BCUT2D eigenvalue weighted by molar-refractivity contribution is 6.00. The summed E-state index contributed by atoms with van der Waals surface area (Å²) in [7, 11) is 0. The van der Waals surface area contributed by atoms with Gasteiger partial charge in [0.05, 0.1) is 5.41 Å². The number of nitrogens with zero attached hydrogens (tertiary/aromatic N) is 1. The highest BCUT2D eigenvalue weighted by atomic mass is 16.4. The van der Waals surface area contributed by atoms with E-state index in [0.717, 1.165) is 31.5 Å². The van der Waals surface area contributed by atoms with Crippen LogP contribution in [0, 0.1) is 0 Å². The second-order valence-electron chi connectivity index (χ2n) is 8.27. The summed E-state index contributed by atoms with van der Waals surface area (Å²) in [5, 5.41) is 32.5. The molecule has 2 aromatic carbocycles. The first-order valence-electron chi connectivity index (χ1n) is 10.4. The molecular formula is C24H27NO7. The van der Waals surface area contributed by atoms with Gasteiger partial charge in [0.25, 0.3) is 0 Å². The van der Waals surface area contributed by atoms with Crippen LogP contribution in [-0.2, 0) is 25.3 Å². The number of fused-ring (bicyclic) bond motifs is 3. The first kappa shape index (κ1) is 23.6. The zero-order valence-corrected chi connectivity index (χ0v) is 17.7. The van der Waals surface area contributed by atoms with Crippen LogP contribution in [0.15, 0.2) is 60.7 Å². The van der Waals surface area contributed by atoms with Crippen molar-refractivity contribution in [3.8, 4) is 0 Å². The number of aliphatic hydroxyl groups excluding tert-OH is 2. The molecule has 0 spiro atoms. The number of Topliss-reactive ketones (excluding diaryl/α,β-unsaturated/α-hetero) is 1. The van der Waals surface area contributed by atoms with Crippen LogP contribution in [0.25, 0.3) is 0 Å². The SMILES string of the molecule is C[C@]1(c2ccccc2)C(=O)C2(c3ccccc3)CCN1CC2.O=C(O)[C@H](O)[C@@H](O)C(=O)O. The summed E-state index contributed by atoms with van der Waals surface area (Å²) < 4.78 is 0. The normalized spacial score (nSPS) is 28.2. The van der Waals surface area contributed by atoms with E-state index in [1.54, 1.807) is 0 Å². The van der Waals surface area contributed by atoms with Gasteiger partial charge in [0, 0.05) is 13.1 Å². The van der Waals surface area contributed by atoms with Crippen molar-refractivity contribution in [3.05, 3.63) is 71.8 Å². The minimum Gasteiger partial charge on any atom is -0.479 e. The van der Waals surface area contributed by atoms with Crippen LogP contribution in [0.4, 0.5) is 0 Å². The smallest absolute Gasteiger partial charge is 0.335 e. The van der Waals surface area contributed by atoms with Gasteiger partial charge in [-0.15, -0.1) is 0 Å². The number of carbonyl (C=O) groups excluding carboxylic acids is 1. The van der Waals surface area contributed by atoms with Crippen LogP contribution in [0.3, 0.4) is 0 Å². The van der Waals surface area contributed by atoms with Crippen LogP contribution >= 0.6 is 0 Å². The molecule has 2 aromatic rings. The molecule has 4 N–H and O–H groups in total. The molecule has 0 aromatic heterocycles. The Bertz CT molecular complexity index is 909. The largest absolute Gasteiger partial charge is 0.479 e. The van der Waals surface area contributed by atoms with E-state index >= 15 is 0 Å². The lowest BCUT2D eigenvalue weighted by atomic mass is 9.58. The molecule has 3 heterocycles. The monoisotopic (exact) mass is 441 g/mol. The van der Waals surface area contributed by atoms with Crippen LogP contribution in [0.1, 0.15) is 30.9 Å². The third-order valence-electron chi connectivity index (χ3n) is 6.59. The number of hydrogen-bond donors (Lipinski definition) is 4. The molecule has 8 nitrogen and oxygen atoms in total. The molecule has 2 bridgehead atoms. The number of piperidine rings is 3. The van der Waals surface area contributed by atoms with Crippen LogP contribution in [0.2, 0.25) is 0 Å². The standard InChI is InChI=1S/C20H21NO.C4H6O6/c1-19(16-8-4-2-5-9-16)18(22)20(12-14-21(19)15-13-20)17-10-6-3-7-11-17;5-1(3(7)8)2(6)4(9)10/h2-11H,12-15H2,1H3;1-2,5-6H,(H,7,8)(H,9,10)/t19-;1-,2-/m01/s1. The van der Waals surface area contributed by atoms with Crippen molar-refractivity contribution < 1.29 is 34.8 Å². The van der Waals surface area contributed by atoms with Gasteiger partial charge < -0.3 is 20.4 Å². The highest BCUT2D eigenvalue weighted by Gasteiger charge is 2.59. The highest BCUT2D eigenvalue weighted by Crippen LogP contribution is 2.50. The lowest BCUT2D eigenvalue weighted by Crippen LogP contribution is -2.67. The molecule has 0 radical (unpaired) electrons. The minimum absolute atomic E-state index is 0.305. The zero-order valence-electron chi connectivity index (χ0n) is 17.7. The fourth-order valence-electron chi connectivity index (χ4n) is 4.70. The quantitative estimate of drug-likeness (QED) is 0.547. The number of carboxylic acids is 2. The van der Waals surface area contributed by atoms with E-state index in [4.69, 9.17) is 20.4 Å². The Labute approximate surface area is 185 Å². The van der Waals surface area contributed by atoms with Gasteiger partial charge in [-0.1, -0.05) is 60.7 Å². The van der Waals surface area contributed by atoms with E-state index < -0.39 is 29.7 Å². The summed E-state index contributed by atoms with van der Waals surface area (Å²) in [4.78, 5) is 35.5. The molecule has 3 saturated heterocycles. The fourth-order valence-corrected chi connectivity index (χ4v) is 4.70. The maximum Gasteiger partial charge on any atom is 0.335 e. The lowest BCUT2D eigenvalue weighted by molar-refractivity contribution is -0.165. The molecule has 3 aliphatic heterocycles. The summed E-state index contributed by atoms with van der Waals surface area (Å²) in [5.74, 6) is -3.17. The average Bonchev–Trinajstić information content (AvgIpc) is 2.83. The molecule has 3 fully saturated rings. The number of aliphatic hydroxyl groups is 2. The Morgan fingerprint density at radius 3 is 1.62 bits per heavy atom. The minimum atomic E-state index is -2.27. The maximum absolute atomic E-state index is 13.6. The lowest BCUT2D eigenvalue weighted by Gasteiger charge is -2.57. The molecule has 0 saturated carbocycles. The topological polar surface area (TPSA) is 135 Å². The maximum atomic E-state index is 13.6. The van der Waals surface area contributed by atoms with Gasteiger partial charge >= 0.3 is 11.9 Å². The second kappa shape index (κ2) is 9.20. The first-order chi connectivity index (χ1) is 15.1. The summed E-state index contributed by atoms with van der Waals surface area (Å²) >= 11 is 0. The summed E-state index contributed by atoms with van der Waals surface area (Å²) in [6, 6.07) is 20.7. The summed E-state index contributed by atoms with van der Waals surface area (Å²) in [6.45, 7) is 4.10. The molecule has 0 amide bonds. The van der Waals surface area contributed by atoms with E-state index in [2.05, 4.69) is 48.2 Å². The van der Waals surface area contributed by atoms with E-state index in [1.807, 2.05) is 24.3 Å². The third-order valence-corrected chi connectivity index (χ3v) is 6.59. The number of aliphatic carboxylic acids is 2. The van der Waals surface area contributed by atoms with Crippen molar-refractivity contribution >= 4 is 17.7 Å². The zero-order chi connectivity index (χ0) is 23.5. The molecule has 3 atom stereocenters. The Hall–Kier alpha value is -3.07. The Kier molecular flexibility index (Phi) is 6.78. The predicted molar refractivity (Wildman–Crippen MR) is 115 cm³/mol. The molecule has 170 valence electrons. The summed E-state index contributed by atoms with van der Waals surface area (Å²) in [5.41, 5.74) is 1.52. The number of carboxylic acid groups (broad SMARTS) is 2. The van der Waals surface area contributed by atoms with E-state index in [0.29, 0.717) is 5.78 Å². The van der Waals surface area contributed by atoms with E-state index in [1.165, 1.54) is 5.56 Å². The Morgan fingerprint density at radius 1 is 0.812 bits per heavy atom. The van der Waals surface area contributed by atoms with Crippen molar-refractivity contribution in [1.29, 1.82) is 0 Å². The van der Waals surface area contributed by atoms with Crippen molar-refractivity contribution in [1.82, 2.24) is 4.90 Å². The van der Waals surface area contributed by atoms with Gasteiger partial charge in [0.2, 0.25) is 0 Å². The van der Waals surface area contributed by atoms with Gasteiger partial charge in [-0.25, -0.2) is 9.59 Å². The molecule has 0 unspecified atom stereocenters. The predicted octanol–water partition coefficient (Wildman–Crippen LogP) is 1.40. The Balaban J connectivity index is 0.000000247. The number of rotatable bonds is 5. The Morgan fingerprint density at radius 2 is 1.22 bits per heavy atom. The number of ketones is 1. The van der Waals surface area contributed by atoms with Crippen molar-refractivity contribution in [2.24, 2.45) is 0 Å². The number of carbonyl (C=O) groups is 3. The summed E-state index contributed by atoms with van der Waals surface area (Å²) in [6.07, 6.45) is -2.65. The molecule has 0 aliphatic carbocycles.